The molecule has 14 heavy (non-hydrogen) atoms. The lowest BCUT2D eigenvalue weighted by molar-refractivity contribution is -0.937. The Balaban J connectivity index is 6.07. The quantitative estimate of drug-likeness (QED) is 0.255. The van der Waals surface area contributed by atoms with Crippen LogP contribution in [0.4, 0.5) is 0 Å². The van der Waals surface area contributed by atoms with Crippen molar-refractivity contribution >= 4 is 10.1 Å². The van der Waals surface area contributed by atoms with Crippen molar-refractivity contribution in [3.8, 4) is 0 Å². The zero-order valence-corrected chi connectivity index (χ0v) is 6.78. The molecule has 0 amide bonds. The summed E-state index contributed by atoms with van der Waals surface area (Å²) in [5.41, 5.74) is 0. The van der Waals surface area contributed by atoms with Crippen molar-refractivity contribution in [2.24, 2.45) is 0 Å². The molecule has 13 heteroatoms. The van der Waals surface area contributed by atoms with Crippen LogP contribution in [-0.2, 0) is 10.1 Å². The minimum Gasteiger partial charge on any atom is -0.268 e. The van der Waals surface area contributed by atoms with Crippen LogP contribution in [-0.4, -0.2) is 32.9 Å². The maximum absolute atomic E-state index is 10.2. The van der Waals surface area contributed by atoms with Crippen LogP contribution >= 0.6 is 0 Å². The molecule has 0 aromatic rings. The molecule has 0 unspecified atom stereocenters. The maximum Gasteiger partial charge on any atom is 0.828 e. The van der Waals surface area contributed by atoms with E-state index < -0.39 is 30.0 Å². The van der Waals surface area contributed by atoms with E-state index in [-0.39, 0.29) is 0 Å². The summed E-state index contributed by atoms with van der Waals surface area (Å²) in [7, 11) is -6.12. The average Bonchev–Trinajstić information content (AvgIpc) is 1.79. The van der Waals surface area contributed by atoms with Crippen molar-refractivity contribution in [1.29, 1.82) is 0 Å². The summed E-state index contributed by atoms with van der Waals surface area (Å²) >= 11 is 0. The Morgan fingerprint density at radius 3 is 1.14 bits per heavy atom. The molecule has 0 aliphatic rings. The molecule has 0 atom stereocenters. The van der Waals surface area contributed by atoms with Crippen LogP contribution in [0.5, 0.6) is 0 Å². The Hall–Kier alpha value is -1.89. The first-order chi connectivity index (χ1) is 6.08. The van der Waals surface area contributed by atoms with Gasteiger partial charge in [-0.25, -0.2) is 0 Å². The van der Waals surface area contributed by atoms with Crippen LogP contribution in [0.15, 0.2) is 0 Å². The highest BCUT2D eigenvalue weighted by Gasteiger charge is 2.83. The first kappa shape index (κ1) is 12.1. The summed E-state index contributed by atoms with van der Waals surface area (Å²) in [4.78, 5) is 22.9. The van der Waals surface area contributed by atoms with Crippen LogP contribution in [0, 0.1) is 30.3 Å². The standard InChI is InChI=1S/CHN3O9S/c5-2(6)1(3(7)8,4(9)10)14(11,12)13/h(H,11,12,13). The van der Waals surface area contributed by atoms with E-state index in [1.807, 2.05) is 0 Å². The van der Waals surface area contributed by atoms with Gasteiger partial charge in [0.15, 0.2) is 14.8 Å². The second-order valence-electron chi connectivity index (χ2n) is 1.82. The van der Waals surface area contributed by atoms with Gasteiger partial charge in [-0.3, -0.25) is 34.9 Å². The Morgan fingerprint density at radius 1 is 0.929 bits per heavy atom. The van der Waals surface area contributed by atoms with Gasteiger partial charge in [-0.05, 0) is 0 Å². The summed E-state index contributed by atoms with van der Waals surface area (Å²) in [5, 5.41) is 24.9. The van der Waals surface area contributed by atoms with Crippen molar-refractivity contribution < 1.29 is 27.7 Å². The topological polar surface area (TPSA) is 184 Å². The van der Waals surface area contributed by atoms with Gasteiger partial charge in [0, 0.05) is 0 Å². The van der Waals surface area contributed by atoms with Gasteiger partial charge in [0.1, 0.15) is 0 Å². The van der Waals surface area contributed by atoms with E-state index in [1.54, 1.807) is 0 Å². The van der Waals surface area contributed by atoms with Gasteiger partial charge >= 0.3 is 15.2 Å². The molecule has 0 aromatic heterocycles. The number of hydrogen-bond acceptors (Lipinski definition) is 8. The fourth-order valence-electron chi connectivity index (χ4n) is 0.483. The van der Waals surface area contributed by atoms with Crippen LogP contribution in [0.1, 0.15) is 0 Å². The maximum atomic E-state index is 10.2. The summed E-state index contributed by atoms with van der Waals surface area (Å²) in [6, 6.07) is 0. The summed E-state index contributed by atoms with van der Waals surface area (Å²) in [6.07, 6.45) is 0. The highest BCUT2D eigenvalue weighted by molar-refractivity contribution is 7.86. The predicted octanol–water partition coefficient (Wildman–Crippen LogP) is -1.68. The van der Waals surface area contributed by atoms with Crippen molar-refractivity contribution in [3.63, 3.8) is 0 Å². The smallest absolute Gasteiger partial charge is 0.268 e. The van der Waals surface area contributed by atoms with E-state index >= 15 is 0 Å². The molecule has 0 aliphatic heterocycles. The molecule has 0 spiro atoms. The van der Waals surface area contributed by atoms with Gasteiger partial charge in [-0.2, -0.15) is 8.42 Å². The lowest BCUT2D eigenvalue weighted by atomic mass is 10.9. The van der Waals surface area contributed by atoms with Crippen molar-refractivity contribution in [2.45, 2.75) is 5.12 Å². The molecule has 0 fully saturated rings. The molecule has 1 N–H and O–H groups in total. The molecule has 0 radical (unpaired) electrons. The highest BCUT2D eigenvalue weighted by atomic mass is 32.2. The Labute approximate surface area is 74.3 Å². The minimum atomic E-state index is -6.12. The fourth-order valence-corrected chi connectivity index (χ4v) is 1.05. The third-order valence-corrected chi connectivity index (χ3v) is 2.20. The number of nitrogens with zero attached hydrogens (tertiary/aromatic N) is 3. The minimum absolute atomic E-state index is 2.32. The third kappa shape index (κ3) is 1.33. The lowest BCUT2D eigenvalue weighted by Gasteiger charge is -2.03. The highest BCUT2D eigenvalue weighted by Crippen LogP contribution is 2.18. The van der Waals surface area contributed by atoms with Crippen LogP contribution in [0.25, 0.3) is 0 Å². The van der Waals surface area contributed by atoms with Crippen molar-refractivity contribution in [2.75, 3.05) is 0 Å². The Bertz CT molecular complexity index is 356. The third-order valence-electron chi connectivity index (χ3n) is 1.06. The number of nitro groups is 3. The van der Waals surface area contributed by atoms with Gasteiger partial charge in [0.25, 0.3) is 0 Å². The molecular formula is CHN3O9S. The van der Waals surface area contributed by atoms with Gasteiger partial charge in [0.05, 0.1) is 0 Å². The van der Waals surface area contributed by atoms with Crippen molar-refractivity contribution in [1.82, 2.24) is 0 Å². The van der Waals surface area contributed by atoms with Crippen LogP contribution in [0.3, 0.4) is 0 Å². The predicted molar refractivity (Wildman–Crippen MR) is 35.3 cm³/mol. The van der Waals surface area contributed by atoms with Gasteiger partial charge in [0.2, 0.25) is 0 Å². The Kier molecular flexibility index (Phi) is 2.69. The molecule has 0 heterocycles. The van der Waals surface area contributed by atoms with E-state index in [1.165, 1.54) is 0 Å². The molecular weight excluding hydrogens is 230 g/mol. The zero-order valence-electron chi connectivity index (χ0n) is 5.96. The summed E-state index contributed by atoms with van der Waals surface area (Å²) in [6.45, 7) is 0. The average molecular weight is 231 g/mol. The van der Waals surface area contributed by atoms with Crippen LogP contribution in [0.2, 0.25) is 0 Å². The second-order valence-corrected chi connectivity index (χ2v) is 3.32. The van der Waals surface area contributed by atoms with E-state index in [4.69, 9.17) is 4.55 Å². The first-order valence-electron chi connectivity index (χ1n) is 2.49. The molecule has 0 saturated carbocycles. The molecule has 12 nitrogen and oxygen atoms in total. The van der Waals surface area contributed by atoms with Gasteiger partial charge in [-0.1, -0.05) is 0 Å². The zero-order chi connectivity index (χ0) is 11.7. The molecule has 0 aliphatic carbocycles. The number of rotatable bonds is 4. The van der Waals surface area contributed by atoms with Crippen LogP contribution < -0.4 is 0 Å². The molecule has 0 bridgehead atoms. The normalized spacial score (nSPS) is 12.1. The van der Waals surface area contributed by atoms with E-state index in [9.17, 15) is 38.8 Å². The van der Waals surface area contributed by atoms with Gasteiger partial charge < -0.3 is 0 Å². The molecule has 80 valence electrons. The monoisotopic (exact) mass is 231 g/mol. The summed E-state index contributed by atoms with van der Waals surface area (Å²) in [5.74, 6) is 0. The SMILES string of the molecule is O=[N+]([O-])C([N+](=O)[O-])([N+](=O)[O-])S(=O)(=O)O. The molecule has 0 aromatic carbocycles. The first-order valence-corrected chi connectivity index (χ1v) is 3.93. The fraction of sp³-hybridized carbons (Fsp3) is 1.00. The van der Waals surface area contributed by atoms with Crippen molar-refractivity contribution in [3.05, 3.63) is 30.3 Å². The molecule has 0 rings (SSSR count). The summed E-state index contributed by atoms with van der Waals surface area (Å²) < 4.78 is 28.5. The lowest BCUT2D eigenvalue weighted by Crippen LogP contribution is -2.58. The Morgan fingerprint density at radius 2 is 1.14 bits per heavy atom. The van der Waals surface area contributed by atoms with E-state index in [0.717, 1.165) is 0 Å². The van der Waals surface area contributed by atoms with E-state index in [2.05, 4.69) is 0 Å². The largest absolute Gasteiger partial charge is 0.828 e. The molecule has 0 saturated heterocycles. The second kappa shape index (κ2) is 3.11. The number of hydrogen-bond donors (Lipinski definition) is 1. The van der Waals surface area contributed by atoms with E-state index in [0.29, 0.717) is 0 Å². The van der Waals surface area contributed by atoms with Gasteiger partial charge in [-0.15, -0.1) is 0 Å².